The molecule has 7 heteroatoms. The van der Waals surface area contributed by atoms with Crippen LogP contribution in [0.25, 0.3) is 0 Å². The molecule has 0 saturated carbocycles. The summed E-state index contributed by atoms with van der Waals surface area (Å²) < 4.78 is 35.0. The topological polar surface area (TPSA) is 58.6 Å². The summed E-state index contributed by atoms with van der Waals surface area (Å²) in [5, 5.41) is 0.469. The van der Waals surface area contributed by atoms with E-state index >= 15 is 0 Å². The van der Waals surface area contributed by atoms with Crippen LogP contribution in [-0.2, 0) is 10.0 Å². The predicted molar refractivity (Wildman–Crippen MR) is 114 cm³/mol. The van der Waals surface area contributed by atoms with Crippen molar-refractivity contribution in [2.45, 2.75) is 45.1 Å². The maximum Gasteiger partial charge on any atom is 0.262 e. The molecule has 28 heavy (non-hydrogen) atoms. The molecule has 2 aromatic rings. The van der Waals surface area contributed by atoms with E-state index in [0.717, 1.165) is 41.8 Å². The van der Waals surface area contributed by atoms with Crippen molar-refractivity contribution in [1.82, 2.24) is 4.90 Å². The van der Waals surface area contributed by atoms with Gasteiger partial charge in [0.05, 0.1) is 15.6 Å². The molecule has 0 radical (unpaired) electrons. The van der Waals surface area contributed by atoms with Crippen LogP contribution in [0.4, 0.5) is 5.69 Å². The SMILES string of the molecule is Cc1cc(C)c(C)c(S(=O)(=O)Nc2ccc(Cl)c(O[C@H]3CCN(C)C3)c2)c1C. The van der Waals surface area contributed by atoms with Crippen LogP contribution in [0.15, 0.2) is 29.2 Å². The van der Waals surface area contributed by atoms with E-state index in [0.29, 0.717) is 21.4 Å². The van der Waals surface area contributed by atoms with Gasteiger partial charge in [0, 0.05) is 19.2 Å². The highest BCUT2D eigenvalue weighted by Crippen LogP contribution is 2.32. The van der Waals surface area contributed by atoms with E-state index < -0.39 is 10.0 Å². The fraction of sp³-hybridized carbons (Fsp3) is 0.429. The second kappa shape index (κ2) is 7.93. The number of sulfonamides is 1. The van der Waals surface area contributed by atoms with Gasteiger partial charge in [-0.3, -0.25) is 4.72 Å². The molecule has 1 saturated heterocycles. The second-order valence-electron chi connectivity index (χ2n) is 7.63. The summed E-state index contributed by atoms with van der Waals surface area (Å²) in [6.07, 6.45) is 0.974. The van der Waals surface area contributed by atoms with E-state index in [1.54, 1.807) is 18.2 Å². The van der Waals surface area contributed by atoms with Crippen molar-refractivity contribution in [3.63, 3.8) is 0 Å². The van der Waals surface area contributed by atoms with Crippen molar-refractivity contribution in [1.29, 1.82) is 0 Å². The van der Waals surface area contributed by atoms with Gasteiger partial charge in [0.25, 0.3) is 10.0 Å². The average molecular weight is 423 g/mol. The fourth-order valence-electron chi connectivity index (χ4n) is 3.62. The van der Waals surface area contributed by atoms with E-state index in [9.17, 15) is 8.42 Å². The number of anilines is 1. The van der Waals surface area contributed by atoms with Crippen LogP contribution in [-0.4, -0.2) is 39.6 Å². The maximum absolute atomic E-state index is 13.1. The first kappa shape index (κ1) is 21.0. The number of ether oxygens (including phenoxy) is 1. The van der Waals surface area contributed by atoms with Crippen LogP contribution in [0, 0.1) is 27.7 Å². The Morgan fingerprint density at radius 1 is 1.11 bits per heavy atom. The van der Waals surface area contributed by atoms with Crippen LogP contribution >= 0.6 is 11.6 Å². The average Bonchev–Trinajstić information content (AvgIpc) is 3.01. The summed E-state index contributed by atoms with van der Waals surface area (Å²) in [5.41, 5.74) is 3.86. The highest BCUT2D eigenvalue weighted by molar-refractivity contribution is 7.92. The van der Waals surface area contributed by atoms with Crippen molar-refractivity contribution >= 4 is 27.3 Å². The van der Waals surface area contributed by atoms with Gasteiger partial charge in [-0.25, -0.2) is 8.42 Å². The maximum atomic E-state index is 13.1. The summed E-state index contributed by atoms with van der Waals surface area (Å²) in [4.78, 5) is 2.52. The molecule has 0 bridgehead atoms. The van der Waals surface area contributed by atoms with Gasteiger partial charge in [-0.05, 0) is 75.5 Å². The summed E-state index contributed by atoms with van der Waals surface area (Å²) in [6, 6.07) is 6.98. The highest BCUT2D eigenvalue weighted by Gasteiger charge is 2.24. The Morgan fingerprint density at radius 2 is 1.75 bits per heavy atom. The molecular weight excluding hydrogens is 396 g/mol. The number of rotatable bonds is 5. The van der Waals surface area contributed by atoms with Crippen LogP contribution in [0.2, 0.25) is 5.02 Å². The van der Waals surface area contributed by atoms with E-state index in [2.05, 4.69) is 9.62 Å². The number of nitrogens with one attached hydrogen (secondary N) is 1. The quantitative estimate of drug-likeness (QED) is 0.772. The number of hydrogen-bond donors (Lipinski definition) is 1. The van der Waals surface area contributed by atoms with Crippen molar-refractivity contribution in [2.75, 3.05) is 24.9 Å². The lowest BCUT2D eigenvalue weighted by Crippen LogP contribution is -2.21. The van der Waals surface area contributed by atoms with Crippen molar-refractivity contribution in [3.8, 4) is 5.75 Å². The molecular formula is C21H27ClN2O3S. The van der Waals surface area contributed by atoms with Gasteiger partial charge in [0.1, 0.15) is 11.9 Å². The van der Waals surface area contributed by atoms with Gasteiger partial charge in [-0.1, -0.05) is 17.7 Å². The first-order chi connectivity index (χ1) is 13.1. The zero-order chi connectivity index (χ0) is 20.6. The first-order valence-electron chi connectivity index (χ1n) is 9.33. The monoisotopic (exact) mass is 422 g/mol. The minimum absolute atomic E-state index is 0.0540. The Balaban J connectivity index is 1.90. The van der Waals surface area contributed by atoms with Crippen molar-refractivity contribution in [2.24, 2.45) is 0 Å². The Bertz CT molecular complexity index is 979. The molecule has 0 aliphatic carbocycles. The summed E-state index contributed by atoms with van der Waals surface area (Å²) in [7, 11) is -1.70. The summed E-state index contributed by atoms with van der Waals surface area (Å²) in [6.45, 7) is 9.32. The number of nitrogens with zero attached hydrogens (tertiary/aromatic N) is 1. The highest BCUT2D eigenvalue weighted by atomic mass is 35.5. The van der Waals surface area contributed by atoms with E-state index in [1.807, 2.05) is 40.8 Å². The molecule has 0 unspecified atom stereocenters. The first-order valence-corrected chi connectivity index (χ1v) is 11.2. The normalized spacial score (nSPS) is 17.7. The van der Waals surface area contributed by atoms with Gasteiger partial charge in [0.15, 0.2) is 0 Å². The Labute approximate surface area is 172 Å². The number of aryl methyl sites for hydroxylation is 2. The van der Waals surface area contributed by atoms with Crippen LogP contribution in [0.3, 0.4) is 0 Å². The van der Waals surface area contributed by atoms with Crippen LogP contribution in [0.5, 0.6) is 5.75 Å². The van der Waals surface area contributed by atoms with Crippen LogP contribution in [0.1, 0.15) is 28.7 Å². The molecule has 1 N–H and O–H groups in total. The molecule has 0 amide bonds. The molecule has 1 fully saturated rings. The molecule has 0 aromatic heterocycles. The Hall–Kier alpha value is -1.76. The van der Waals surface area contributed by atoms with Crippen molar-refractivity contribution in [3.05, 3.63) is 51.5 Å². The number of likely N-dealkylation sites (N-methyl/N-ethyl adjacent to an activating group) is 1. The number of halogens is 1. The van der Waals surface area contributed by atoms with Gasteiger partial charge in [-0.2, -0.15) is 0 Å². The van der Waals surface area contributed by atoms with E-state index in [-0.39, 0.29) is 6.10 Å². The Kier molecular flexibility index (Phi) is 5.94. The molecule has 5 nitrogen and oxygen atoms in total. The third kappa shape index (κ3) is 4.29. The van der Waals surface area contributed by atoms with Gasteiger partial charge in [-0.15, -0.1) is 0 Å². The molecule has 0 spiro atoms. The number of likely N-dealkylation sites (tertiary alicyclic amines) is 1. The zero-order valence-corrected chi connectivity index (χ0v) is 18.5. The number of hydrogen-bond acceptors (Lipinski definition) is 4. The molecule has 2 aromatic carbocycles. The van der Waals surface area contributed by atoms with Gasteiger partial charge in [0.2, 0.25) is 0 Å². The van der Waals surface area contributed by atoms with Crippen molar-refractivity contribution < 1.29 is 13.2 Å². The van der Waals surface area contributed by atoms with E-state index in [4.69, 9.17) is 16.3 Å². The lowest BCUT2D eigenvalue weighted by molar-refractivity contribution is 0.208. The fourth-order valence-corrected chi connectivity index (χ4v) is 5.45. The Morgan fingerprint density at radius 3 is 2.32 bits per heavy atom. The minimum atomic E-state index is -3.74. The van der Waals surface area contributed by atoms with E-state index in [1.165, 1.54) is 0 Å². The lowest BCUT2D eigenvalue weighted by Gasteiger charge is -2.18. The molecule has 1 atom stereocenters. The van der Waals surface area contributed by atoms with Gasteiger partial charge >= 0.3 is 0 Å². The minimum Gasteiger partial charge on any atom is -0.487 e. The van der Waals surface area contributed by atoms with Gasteiger partial charge < -0.3 is 9.64 Å². The molecule has 3 rings (SSSR count). The predicted octanol–water partition coefficient (Wildman–Crippen LogP) is 4.46. The standard InChI is InChI=1S/C21H27ClN2O3S/c1-13-10-14(2)16(4)21(15(13)3)28(25,26)23-17-6-7-19(22)20(11-17)27-18-8-9-24(5)12-18/h6-7,10-11,18,23H,8-9,12H2,1-5H3/t18-/m0/s1. The molecule has 1 heterocycles. The molecule has 1 aliphatic rings. The smallest absolute Gasteiger partial charge is 0.262 e. The lowest BCUT2D eigenvalue weighted by atomic mass is 10.0. The third-order valence-electron chi connectivity index (χ3n) is 5.39. The van der Waals surface area contributed by atoms with Crippen LogP contribution < -0.4 is 9.46 Å². The third-order valence-corrected chi connectivity index (χ3v) is 7.36. The summed E-state index contributed by atoms with van der Waals surface area (Å²) in [5.74, 6) is 0.496. The number of benzene rings is 2. The largest absolute Gasteiger partial charge is 0.487 e. The molecule has 1 aliphatic heterocycles. The summed E-state index contributed by atoms with van der Waals surface area (Å²) >= 11 is 6.28. The molecule has 152 valence electrons. The second-order valence-corrected chi connectivity index (χ2v) is 9.66. The zero-order valence-electron chi connectivity index (χ0n) is 17.0.